The first-order chi connectivity index (χ1) is 14.0. The molecule has 0 N–H and O–H groups in total. The van der Waals surface area contributed by atoms with E-state index in [1.54, 1.807) is 24.3 Å². The van der Waals surface area contributed by atoms with Gasteiger partial charge >= 0.3 is 0 Å². The highest BCUT2D eigenvalue weighted by Gasteiger charge is 1.99. The Hall–Kier alpha value is -3.67. The van der Waals surface area contributed by atoms with Crippen molar-refractivity contribution in [1.82, 2.24) is 0 Å². The SMILES string of the molecule is CCN(C)c1ccc(N=Nc2ccc(N=Nc3ccc(C(C)=O)cc3)cc2)cc1. The van der Waals surface area contributed by atoms with Gasteiger partial charge < -0.3 is 4.90 Å². The van der Waals surface area contributed by atoms with E-state index in [1.807, 2.05) is 48.5 Å². The Bertz CT molecular complexity index is 1010. The molecule has 3 aromatic rings. The molecule has 0 unspecified atom stereocenters. The van der Waals surface area contributed by atoms with Crippen LogP contribution >= 0.6 is 0 Å². The third kappa shape index (κ3) is 5.65. The lowest BCUT2D eigenvalue weighted by molar-refractivity contribution is 0.101. The number of ketones is 1. The van der Waals surface area contributed by atoms with Crippen LogP contribution in [0.4, 0.5) is 28.4 Å². The van der Waals surface area contributed by atoms with Crippen LogP contribution in [-0.4, -0.2) is 19.4 Å². The van der Waals surface area contributed by atoms with Gasteiger partial charge in [0, 0.05) is 24.8 Å². The summed E-state index contributed by atoms with van der Waals surface area (Å²) in [5.74, 6) is 0.0301. The minimum Gasteiger partial charge on any atom is -0.375 e. The summed E-state index contributed by atoms with van der Waals surface area (Å²) in [4.78, 5) is 13.5. The van der Waals surface area contributed by atoms with Gasteiger partial charge in [-0.1, -0.05) is 0 Å². The molecule has 0 aliphatic carbocycles. The molecule has 3 rings (SSSR count). The van der Waals surface area contributed by atoms with Crippen molar-refractivity contribution >= 4 is 34.2 Å². The molecule has 0 heterocycles. The van der Waals surface area contributed by atoms with E-state index < -0.39 is 0 Å². The third-order valence-electron chi connectivity index (χ3n) is 4.45. The van der Waals surface area contributed by atoms with Crippen LogP contribution in [0.3, 0.4) is 0 Å². The standard InChI is InChI=1S/C23H23N5O/c1-4-28(3)23-15-13-22(14-16-23)27-26-21-11-9-20(10-12-21)25-24-19-7-5-18(6-8-19)17(2)29/h5-16H,4H2,1-3H3. The molecular weight excluding hydrogens is 362 g/mol. The van der Waals surface area contributed by atoms with Crippen LogP contribution in [-0.2, 0) is 0 Å². The summed E-state index contributed by atoms with van der Waals surface area (Å²) in [5, 5.41) is 16.9. The number of carbonyl (C=O) groups is 1. The monoisotopic (exact) mass is 385 g/mol. The Morgan fingerprint density at radius 1 is 0.690 bits per heavy atom. The summed E-state index contributed by atoms with van der Waals surface area (Å²) >= 11 is 0. The summed E-state index contributed by atoms with van der Waals surface area (Å²) < 4.78 is 0. The molecule has 0 spiro atoms. The van der Waals surface area contributed by atoms with Gasteiger partial charge in [0.25, 0.3) is 0 Å². The molecule has 3 aromatic carbocycles. The number of nitrogens with zero attached hydrogens (tertiary/aromatic N) is 5. The average molecular weight is 385 g/mol. The van der Waals surface area contributed by atoms with Crippen molar-refractivity contribution in [3.05, 3.63) is 78.4 Å². The summed E-state index contributed by atoms with van der Waals surface area (Å²) in [6.45, 7) is 4.60. The van der Waals surface area contributed by atoms with Gasteiger partial charge in [0.1, 0.15) is 0 Å². The molecule has 0 bridgehead atoms. The lowest BCUT2D eigenvalue weighted by Crippen LogP contribution is -2.15. The largest absolute Gasteiger partial charge is 0.375 e. The van der Waals surface area contributed by atoms with Crippen molar-refractivity contribution in [2.75, 3.05) is 18.5 Å². The number of Topliss-reactive ketones (excluding diaryl/α,β-unsaturated/α-hetero) is 1. The van der Waals surface area contributed by atoms with E-state index in [1.165, 1.54) is 6.92 Å². The topological polar surface area (TPSA) is 69.8 Å². The zero-order valence-electron chi connectivity index (χ0n) is 16.8. The van der Waals surface area contributed by atoms with Crippen LogP contribution in [0.15, 0.2) is 93.3 Å². The Kier molecular flexibility index (Phi) is 6.58. The third-order valence-corrected chi connectivity index (χ3v) is 4.45. The van der Waals surface area contributed by atoms with Crippen LogP contribution < -0.4 is 4.90 Å². The number of benzene rings is 3. The highest BCUT2D eigenvalue weighted by Crippen LogP contribution is 2.24. The predicted molar refractivity (Wildman–Crippen MR) is 117 cm³/mol. The Balaban J connectivity index is 1.62. The molecule has 0 fully saturated rings. The van der Waals surface area contributed by atoms with Crippen LogP contribution in [0.5, 0.6) is 0 Å². The lowest BCUT2D eigenvalue weighted by atomic mass is 10.1. The minimum atomic E-state index is 0.0301. The molecule has 0 aliphatic heterocycles. The molecule has 146 valence electrons. The lowest BCUT2D eigenvalue weighted by Gasteiger charge is -2.16. The van der Waals surface area contributed by atoms with E-state index in [9.17, 15) is 4.79 Å². The van der Waals surface area contributed by atoms with Crippen LogP contribution in [0.1, 0.15) is 24.2 Å². The van der Waals surface area contributed by atoms with Gasteiger partial charge in [-0.3, -0.25) is 4.79 Å². The molecule has 0 aromatic heterocycles. The van der Waals surface area contributed by atoms with Gasteiger partial charge in [0.05, 0.1) is 22.7 Å². The summed E-state index contributed by atoms with van der Waals surface area (Å²) in [6.07, 6.45) is 0. The zero-order chi connectivity index (χ0) is 20.6. The maximum Gasteiger partial charge on any atom is 0.159 e. The van der Waals surface area contributed by atoms with Crippen molar-refractivity contribution in [2.24, 2.45) is 20.5 Å². The van der Waals surface area contributed by atoms with Gasteiger partial charge in [-0.25, -0.2) is 0 Å². The van der Waals surface area contributed by atoms with E-state index in [4.69, 9.17) is 0 Å². The first kappa shape index (κ1) is 20.1. The fourth-order valence-electron chi connectivity index (χ4n) is 2.54. The van der Waals surface area contributed by atoms with E-state index in [0.29, 0.717) is 16.9 Å². The van der Waals surface area contributed by atoms with Gasteiger partial charge in [-0.15, -0.1) is 0 Å². The van der Waals surface area contributed by atoms with Gasteiger partial charge in [0.15, 0.2) is 5.78 Å². The second-order valence-corrected chi connectivity index (χ2v) is 6.55. The van der Waals surface area contributed by atoms with Gasteiger partial charge in [-0.05, 0) is 86.6 Å². The molecule has 0 aliphatic rings. The van der Waals surface area contributed by atoms with Gasteiger partial charge in [-0.2, -0.15) is 20.5 Å². The Morgan fingerprint density at radius 3 is 1.38 bits per heavy atom. The Morgan fingerprint density at radius 2 is 1.03 bits per heavy atom. The van der Waals surface area contributed by atoms with E-state index >= 15 is 0 Å². The van der Waals surface area contributed by atoms with Crippen molar-refractivity contribution in [3.8, 4) is 0 Å². The molecule has 0 atom stereocenters. The fourth-order valence-corrected chi connectivity index (χ4v) is 2.54. The predicted octanol–water partition coefficient (Wildman–Crippen LogP) is 7.18. The van der Waals surface area contributed by atoms with Crippen molar-refractivity contribution in [1.29, 1.82) is 0 Å². The van der Waals surface area contributed by atoms with Crippen LogP contribution in [0, 0.1) is 0 Å². The quantitative estimate of drug-likeness (QED) is 0.319. The number of rotatable bonds is 7. The van der Waals surface area contributed by atoms with Crippen molar-refractivity contribution in [2.45, 2.75) is 13.8 Å². The van der Waals surface area contributed by atoms with Crippen LogP contribution in [0.25, 0.3) is 0 Å². The summed E-state index contributed by atoms with van der Waals surface area (Å²) in [7, 11) is 2.05. The molecule has 0 saturated heterocycles. The minimum absolute atomic E-state index is 0.0301. The molecule has 0 amide bonds. The fraction of sp³-hybridized carbons (Fsp3) is 0.174. The number of hydrogen-bond donors (Lipinski definition) is 0. The van der Waals surface area contributed by atoms with Crippen molar-refractivity contribution < 1.29 is 4.79 Å². The normalized spacial score (nSPS) is 11.3. The Labute approximate surface area is 170 Å². The molecule has 0 radical (unpaired) electrons. The summed E-state index contributed by atoms with van der Waals surface area (Å²) in [6, 6.07) is 22.3. The zero-order valence-corrected chi connectivity index (χ0v) is 16.8. The molecule has 6 heteroatoms. The number of carbonyl (C=O) groups excluding carboxylic acids is 1. The van der Waals surface area contributed by atoms with E-state index in [-0.39, 0.29) is 5.78 Å². The molecule has 6 nitrogen and oxygen atoms in total. The number of anilines is 1. The van der Waals surface area contributed by atoms with Crippen molar-refractivity contribution in [3.63, 3.8) is 0 Å². The van der Waals surface area contributed by atoms with Gasteiger partial charge in [0.2, 0.25) is 0 Å². The van der Waals surface area contributed by atoms with E-state index in [2.05, 4.69) is 39.3 Å². The second kappa shape index (κ2) is 9.50. The smallest absolute Gasteiger partial charge is 0.159 e. The van der Waals surface area contributed by atoms with E-state index in [0.717, 1.165) is 23.6 Å². The summed E-state index contributed by atoms with van der Waals surface area (Å²) in [5.41, 5.74) is 4.76. The molecular formula is C23H23N5O. The highest BCUT2D eigenvalue weighted by atomic mass is 16.1. The van der Waals surface area contributed by atoms with Crippen LogP contribution in [0.2, 0.25) is 0 Å². The maximum atomic E-state index is 11.3. The number of hydrogen-bond acceptors (Lipinski definition) is 6. The second-order valence-electron chi connectivity index (χ2n) is 6.55. The average Bonchev–Trinajstić information content (AvgIpc) is 2.77. The molecule has 0 saturated carbocycles. The number of azo groups is 2. The first-order valence-corrected chi connectivity index (χ1v) is 9.41. The first-order valence-electron chi connectivity index (χ1n) is 9.41. The molecule has 29 heavy (non-hydrogen) atoms. The maximum absolute atomic E-state index is 11.3. The highest BCUT2D eigenvalue weighted by molar-refractivity contribution is 5.94.